The lowest BCUT2D eigenvalue weighted by Crippen LogP contribution is -2.38. The van der Waals surface area contributed by atoms with E-state index in [1.54, 1.807) is 38.2 Å². The van der Waals surface area contributed by atoms with Gasteiger partial charge in [0.1, 0.15) is 10.3 Å². The van der Waals surface area contributed by atoms with Crippen molar-refractivity contribution in [3.63, 3.8) is 0 Å². The van der Waals surface area contributed by atoms with E-state index in [-0.39, 0.29) is 11.8 Å². The predicted octanol–water partition coefficient (Wildman–Crippen LogP) is 5.56. The van der Waals surface area contributed by atoms with Crippen LogP contribution in [0, 0.1) is 13.8 Å². The number of anilines is 1. The summed E-state index contributed by atoms with van der Waals surface area (Å²) in [6, 6.07) is 12.8. The third kappa shape index (κ3) is 5.30. The lowest BCUT2D eigenvalue weighted by Gasteiger charge is -2.31. The van der Waals surface area contributed by atoms with Crippen LogP contribution in [0.3, 0.4) is 0 Å². The van der Waals surface area contributed by atoms with Crippen LogP contribution in [-0.4, -0.2) is 49.6 Å². The van der Waals surface area contributed by atoms with Crippen molar-refractivity contribution in [2.75, 3.05) is 18.4 Å². The summed E-state index contributed by atoms with van der Waals surface area (Å²) in [5.74, 6) is 1.09. The number of aryl methyl sites for hydroxylation is 2. The van der Waals surface area contributed by atoms with E-state index in [1.807, 2.05) is 29.2 Å². The van der Waals surface area contributed by atoms with E-state index in [1.165, 1.54) is 10.2 Å². The Kier molecular flexibility index (Phi) is 7.12. The minimum atomic E-state index is -0.336. The van der Waals surface area contributed by atoms with E-state index in [0.29, 0.717) is 63.2 Å². The molecule has 37 heavy (non-hydrogen) atoms. The third-order valence-electron chi connectivity index (χ3n) is 6.37. The Balaban J connectivity index is 1.23. The van der Waals surface area contributed by atoms with Crippen LogP contribution in [0.4, 0.5) is 5.69 Å². The Morgan fingerprint density at radius 1 is 1.14 bits per heavy atom. The number of aromatic nitrogens is 4. The molecule has 1 N–H and O–H groups in total. The van der Waals surface area contributed by atoms with Crippen LogP contribution in [0.2, 0.25) is 5.02 Å². The molecule has 1 aromatic carbocycles. The normalized spacial score (nSPS) is 14.1. The molecular weight excluding hydrogens is 560 g/mol. The van der Waals surface area contributed by atoms with E-state index in [9.17, 15) is 9.59 Å². The molecule has 0 unspecified atom stereocenters. The second-order valence-corrected chi connectivity index (χ2v) is 10.1. The minimum absolute atomic E-state index is 0.104. The molecule has 4 aromatic rings. The number of carbonyl (C=O) groups is 2. The molecule has 1 aliphatic rings. The Morgan fingerprint density at radius 3 is 2.51 bits per heavy atom. The van der Waals surface area contributed by atoms with Crippen molar-refractivity contribution in [2.24, 2.45) is 0 Å². The maximum Gasteiger partial charge on any atom is 0.291 e. The van der Waals surface area contributed by atoms with Crippen LogP contribution in [0.1, 0.15) is 57.0 Å². The van der Waals surface area contributed by atoms with Gasteiger partial charge in [-0.05, 0) is 71.4 Å². The minimum Gasteiger partial charge on any atom is -0.436 e. The molecule has 0 spiro atoms. The molecule has 1 fully saturated rings. The van der Waals surface area contributed by atoms with E-state index < -0.39 is 0 Å². The number of benzene rings is 1. The SMILES string of the molecule is Cc1nc(C)c(C(=O)N2CCC(c3ccc(NC(=O)c4cc(Br)nn4-c4ncccc4Cl)cc3)CC2)o1. The molecule has 190 valence electrons. The molecule has 2 amide bonds. The van der Waals surface area contributed by atoms with Gasteiger partial charge in [-0.25, -0.2) is 14.6 Å². The van der Waals surface area contributed by atoms with Gasteiger partial charge in [0.25, 0.3) is 11.8 Å². The van der Waals surface area contributed by atoms with E-state index in [4.69, 9.17) is 16.0 Å². The Morgan fingerprint density at radius 2 is 1.86 bits per heavy atom. The van der Waals surface area contributed by atoms with Gasteiger partial charge in [-0.15, -0.1) is 0 Å². The number of halogens is 2. The van der Waals surface area contributed by atoms with E-state index in [2.05, 4.69) is 36.3 Å². The number of hydrogen-bond donors (Lipinski definition) is 1. The molecule has 0 bridgehead atoms. The van der Waals surface area contributed by atoms with Crippen LogP contribution in [0.5, 0.6) is 0 Å². The first-order valence-corrected chi connectivity index (χ1v) is 13.0. The molecule has 5 rings (SSSR count). The topological polar surface area (TPSA) is 106 Å². The summed E-state index contributed by atoms with van der Waals surface area (Å²) in [5.41, 5.74) is 2.75. The zero-order valence-electron chi connectivity index (χ0n) is 20.2. The number of pyridine rings is 1. The smallest absolute Gasteiger partial charge is 0.291 e. The van der Waals surface area contributed by atoms with Crippen molar-refractivity contribution in [3.8, 4) is 5.82 Å². The number of nitrogens with one attached hydrogen (secondary N) is 1. The van der Waals surface area contributed by atoms with Gasteiger partial charge in [-0.2, -0.15) is 5.10 Å². The summed E-state index contributed by atoms with van der Waals surface area (Å²) in [4.78, 5) is 36.1. The van der Waals surface area contributed by atoms with Crippen molar-refractivity contribution in [1.29, 1.82) is 0 Å². The highest BCUT2D eigenvalue weighted by atomic mass is 79.9. The number of hydrogen-bond acceptors (Lipinski definition) is 6. The Labute approximate surface area is 227 Å². The maximum absolute atomic E-state index is 13.0. The fourth-order valence-electron chi connectivity index (χ4n) is 4.53. The van der Waals surface area contributed by atoms with Gasteiger partial charge in [0, 0.05) is 38.0 Å². The molecule has 11 heteroatoms. The van der Waals surface area contributed by atoms with Crippen molar-refractivity contribution in [2.45, 2.75) is 32.6 Å². The molecule has 1 saturated heterocycles. The molecule has 0 aliphatic carbocycles. The van der Waals surface area contributed by atoms with E-state index in [0.717, 1.165) is 12.8 Å². The highest BCUT2D eigenvalue weighted by Crippen LogP contribution is 2.30. The van der Waals surface area contributed by atoms with Gasteiger partial charge in [-0.1, -0.05) is 23.7 Å². The average Bonchev–Trinajstić information content (AvgIpc) is 3.45. The monoisotopic (exact) mass is 582 g/mol. The number of carbonyl (C=O) groups excluding carboxylic acids is 2. The fourth-order valence-corrected chi connectivity index (χ4v) is 5.11. The van der Waals surface area contributed by atoms with Gasteiger partial charge in [0.15, 0.2) is 11.7 Å². The number of likely N-dealkylation sites (tertiary alicyclic amines) is 1. The van der Waals surface area contributed by atoms with Crippen molar-refractivity contribution >= 4 is 45.0 Å². The van der Waals surface area contributed by atoms with Crippen LogP contribution in [0.25, 0.3) is 5.82 Å². The van der Waals surface area contributed by atoms with Crippen LogP contribution in [0.15, 0.2) is 57.7 Å². The Bertz CT molecular complexity index is 1460. The molecule has 0 radical (unpaired) electrons. The zero-order chi connectivity index (χ0) is 26.1. The summed E-state index contributed by atoms with van der Waals surface area (Å²) >= 11 is 9.59. The molecule has 0 atom stereocenters. The molecular formula is C26H24BrClN6O3. The van der Waals surface area contributed by atoms with Crippen LogP contribution < -0.4 is 5.32 Å². The summed E-state index contributed by atoms with van der Waals surface area (Å²) in [5, 5.41) is 7.61. The summed E-state index contributed by atoms with van der Waals surface area (Å²) in [6.07, 6.45) is 3.29. The summed E-state index contributed by atoms with van der Waals surface area (Å²) in [6.45, 7) is 4.83. The number of rotatable bonds is 5. The first-order valence-electron chi connectivity index (χ1n) is 11.8. The third-order valence-corrected chi connectivity index (χ3v) is 7.05. The molecule has 3 aromatic heterocycles. The maximum atomic E-state index is 13.0. The first-order chi connectivity index (χ1) is 17.8. The first kappa shape index (κ1) is 25.2. The number of amides is 2. The van der Waals surface area contributed by atoms with Crippen molar-refractivity contribution in [3.05, 3.63) is 86.9 Å². The van der Waals surface area contributed by atoms with Crippen molar-refractivity contribution in [1.82, 2.24) is 24.6 Å². The van der Waals surface area contributed by atoms with Crippen LogP contribution >= 0.6 is 27.5 Å². The van der Waals surface area contributed by atoms with Crippen LogP contribution in [-0.2, 0) is 0 Å². The van der Waals surface area contributed by atoms with Gasteiger partial charge < -0.3 is 14.6 Å². The largest absolute Gasteiger partial charge is 0.436 e. The average molecular weight is 584 g/mol. The summed E-state index contributed by atoms with van der Waals surface area (Å²) < 4.78 is 7.41. The molecule has 4 heterocycles. The quantitative estimate of drug-likeness (QED) is 0.330. The second kappa shape index (κ2) is 10.5. The molecule has 0 saturated carbocycles. The van der Waals surface area contributed by atoms with Gasteiger partial charge in [0.05, 0.1) is 10.7 Å². The molecule has 1 aliphatic heterocycles. The van der Waals surface area contributed by atoms with Gasteiger partial charge >= 0.3 is 0 Å². The van der Waals surface area contributed by atoms with Crippen molar-refractivity contribution < 1.29 is 14.0 Å². The standard InChI is InChI=1S/C26H24BrClN6O3/c1-15-23(37-16(2)30-15)26(36)33-12-9-18(10-13-33)17-5-7-19(8-6-17)31-25(35)21-14-22(27)32-34(21)24-20(28)4-3-11-29-24/h3-8,11,14,18H,9-10,12-13H2,1-2H3,(H,31,35). The van der Waals surface area contributed by atoms with E-state index >= 15 is 0 Å². The van der Waals surface area contributed by atoms with Gasteiger partial charge in [-0.3, -0.25) is 9.59 Å². The zero-order valence-corrected chi connectivity index (χ0v) is 22.6. The van der Waals surface area contributed by atoms with Gasteiger partial charge in [0.2, 0.25) is 5.76 Å². The highest BCUT2D eigenvalue weighted by Gasteiger charge is 2.28. The lowest BCUT2D eigenvalue weighted by molar-refractivity contribution is 0.0678. The number of oxazole rings is 1. The predicted molar refractivity (Wildman–Crippen MR) is 142 cm³/mol. The fraction of sp³-hybridized carbons (Fsp3) is 0.269. The highest BCUT2D eigenvalue weighted by molar-refractivity contribution is 9.10. The Hall–Kier alpha value is -3.50. The number of piperidine rings is 1. The lowest BCUT2D eigenvalue weighted by atomic mass is 9.89. The second-order valence-electron chi connectivity index (χ2n) is 8.86. The molecule has 9 nitrogen and oxygen atoms in total. The number of nitrogens with zero attached hydrogens (tertiary/aromatic N) is 5. The summed E-state index contributed by atoms with van der Waals surface area (Å²) in [7, 11) is 0.